The zero-order valence-electron chi connectivity index (χ0n) is 18.1. The van der Waals surface area contributed by atoms with Crippen molar-refractivity contribution in [2.45, 2.75) is 36.6 Å². The first-order valence-corrected chi connectivity index (χ1v) is 12.3. The van der Waals surface area contributed by atoms with Crippen LogP contribution in [0.15, 0.2) is 47.4 Å². The number of likely N-dealkylation sites (tertiary alicyclic amines) is 1. The zero-order chi connectivity index (χ0) is 22.3. The highest BCUT2D eigenvalue weighted by molar-refractivity contribution is 7.92. The van der Waals surface area contributed by atoms with Crippen molar-refractivity contribution in [3.8, 4) is 0 Å². The van der Waals surface area contributed by atoms with E-state index in [1.54, 1.807) is 24.3 Å². The van der Waals surface area contributed by atoms with Crippen LogP contribution >= 0.6 is 11.6 Å². The molecule has 2 aliphatic heterocycles. The van der Waals surface area contributed by atoms with Crippen LogP contribution in [-0.2, 0) is 14.8 Å². The molecule has 1 saturated heterocycles. The zero-order valence-corrected chi connectivity index (χ0v) is 19.7. The van der Waals surface area contributed by atoms with E-state index in [1.807, 2.05) is 31.0 Å². The van der Waals surface area contributed by atoms with Crippen molar-refractivity contribution in [2.24, 2.45) is 0 Å². The van der Waals surface area contributed by atoms with Crippen molar-refractivity contribution < 1.29 is 13.2 Å². The number of anilines is 1. The molecule has 0 spiro atoms. The maximum Gasteiger partial charge on any atom is 0.264 e. The van der Waals surface area contributed by atoms with Gasteiger partial charge in [-0.05, 0) is 69.2 Å². The van der Waals surface area contributed by atoms with Crippen LogP contribution in [0.1, 0.15) is 29.9 Å². The number of nitrogens with zero attached hydrogens (tertiary/aromatic N) is 3. The Morgan fingerprint density at radius 2 is 1.81 bits per heavy atom. The minimum atomic E-state index is -3.84. The smallest absolute Gasteiger partial charge is 0.264 e. The summed E-state index contributed by atoms with van der Waals surface area (Å²) in [5.74, 6) is -0.543. The van der Waals surface area contributed by atoms with E-state index in [2.05, 4.69) is 11.9 Å². The van der Waals surface area contributed by atoms with E-state index < -0.39 is 15.9 Å². The summed E-state index contributed by atoms with van der Waals surface area (Å²) in [5.41, 5.74) is 2.14. The molecular formula is C23H28ClN3O3S. The molecule has 2 heterocycles. The van der Waals surface area contributed by atoms with E-state index >= 15 is 0 Å². The van der Waals surface area contributed by atoms with Gasteiger partial charge < -0.3 is 9.80 Å². The Bertz CT molecular complexity index is 1100. The summed E-state index contributed by atoms with van der Waals surface area (Å²) in [6, 6.07) is 12.2. The average molecular weight is 462 g/mol. The molecule has 8 heteroatoms. The first kappa shape index (κ1) is 22.1. The number of hydrogen-bond acceptors (Lipinski definition) is 4. The third-order valence-electron chi connectivity index (χ3n) is 6.54. The highest BCUT2D eigenvalue weighted by Crippen LogP contribution is 2.41. The standard InChI is InChI=1S/C23H28ClN3O3S/c1-16-8-9-18(14-21(16)24)31(29,30)27-15-20(19-6-4-5-7-22(19)27)23(28)26(3)17-10-12-25(2)13-11-17/h4-9,14,17,20H,10-13,15H2,1-3H3. The van der Waals surface area contributed by atoms with E-state index in [9.17, 15) is 13.2 Å². The van der Waals surface area contributed by atoms with Gasteiger partial charge in [0.2, 0.25) is 5.91 Å². The predicted molar refractivity (Wildman–Crippen MR) is 123 cm³/mol. The number of amides is 1. The molecule has 1 atom stereocenters. The van der Waals surface area contributed by atoms with Crippen LogP contribution in [0.25, 0.3) is 0 Å². The number of carbonyl (C=O) groups is 1. The number of benzene rings is 2. The van der Waals surface area contributed by atoms with Crippen LogP contribution in [0.2, 0.25) is 5.02 Å². The lowest BCUT2D eigenvalue weighted by Gasteiger charge is -2.36. The van der Waals surface area contributed by atoms with Gasteiger partial charge in [0.25, 0.3) is 10.0 Å². The van der Waals surface area contributed by atoms with Crippen molar-refractivity contribution >= 4 is 33.2 Å². The summed E-state index contributed by atoms with van der Waals surface area (Å²) in [4.78, 5) is 17.7. The molecule has 2 aromatic carbocycles. The maximum atomic E-state index is 13.5. The van der Waals surface area contributed by atoms with E-state index in [0.717, 1.165) is 37.1 Å². The summed E-state index contributed by atoms with van der Waals surface area (Å²) in [5, 5.41) is 0.406. The summed E-state index contributed by atoms with van der Waals surface area (Å²) in [6.45, 7) is 3.84. The molecule has 0 bridgehead atoms. The molecule has 0 aromatic heterocycles. The molecule has 1 fully saturated rings. The number of aryl methyl sites for hydroxylation is 1. The summed E-state index contributed by atoms with van der Waals surface area (Å²) in [6.07, 6.45) is 1.86. The molecule has 4 rings (SSSR count). The Balaban J connectivity index is 1.64. The largest absolute Gasteiger partial charge is 0.342 e. The van der Waals surface area contributed by atoms with Crippen molar-refractivity contribution in [3.05, 3.63) is 58.6 Å². The Morgan fingerprint density at radius 3 is 2.48 bits per heavy atom. The maximum absolute atomic E-state index is 13.5. The van der Waals surface area contributed by atoms with E-state index in [-0.39, 0.29) is 23.4 Å². The summed E-state index contributed by atoms with van der Waals surface area (Å²) >= 11 is 6.20. The second-order valence-electron chi connectivity index (χ2n) is 8.54. The highest BCUT2D eigenvalue weighted by atomic mass is 35.5. The van der Waals surface area contributed by atoms with Gasteiger partial charge in [0.15, 0.2) is 0 Å². The molecular weight excluding hydrogens is 434 g/mol. The van der Waals surface area contributed by atoms with E-state index in [0.29, 0.717) is 10.7 Å². The van der Waals surface area contributed by atoms with Gasteiger partial charge in [-0.25, -0.2) is 8.42 Å². The lowest BCUT2D eigenvalue weighted by atomic mass is 9.97. The molecule has 0 saturated carbocycles. The molecule has 31 heavy (non-hydrogen) atoms. The first-order valence-electron chi connectivity index (χ1n) is 10.5. The Kier molecular flexibility index (Phi) is 6.03. The fourth-order valence-corrected chi connectivity index (χ4v) is 6.26. The van der Waals surface area contributed by atoms with Gasteiger partial charge in [-0.2, -0.15) is 0 Å². The molecule has 1 unspecified atom stereocenters. The Labute approximate surface area is 189 Å². The first-order chi connectivity index (χ1) is 14.7. The molecule has 0 N–H and O–H groups in total. The average Bonchev–Trinajstić information content (AvgIpc) is 3.15. The molecule has 0 aliphatic carbocycles. The minimum absolute atomic E-state index is 0.0263. The highest BCUT2D eigenvalue weighted by Gasteiger charge is 2.41. The van der Waals surface area contributed by atoms with Crippen LogP contribution in [0.4, 0.5) is 5.69 Å². The number of likely N-dealkylation sites (N-methyl/N-ethyl adjacent to an activating group) is 1. The molecule has 6 nitrogen and oxygen atoms in total. The molecule has 0 radical (unpaired) electrons. The van der Waals surface area contributed by atoms with E-state index in [1.165, 1.54) is 10.4 Å². The van der Waals surface area contributed by atoms with Crippen molar-refractivity contribution in [1.82, 2.24) is 9.80 Å². The van der Waals surface area contributed by atoms with Crippen LogP contribution in [0, 0.1) is 6.92 Å². The predicted octanol–water partition coefficient (Wildman–Crippen LogP) is 3.49. The van der Waals surface area contributed by atoms with Crippen LogP contribution < -0.4 is 4.31 Å². The Hall–Kier alpha value is -2.09. The molecule has 166 valence electrons. The van der Waals surface area contributed by atoms with Crippen LogP contribution in [0.3, 0.4) is 0 Å². The summed E-state index contributed by atoms with van der Waals surface area (Å²) < 4.78 is 28.3. The van der Waals surface area contributed by atoms with Gasteiger partial charge in [0.05, 0.1) is 23.0 Å². The quantitative estimate of drug-likeness (QED) is 0.699. The normalized spacial score (nSPS) is 20.0. The third kappa shape index (κ3) is 4.06. The number of fused-ring (bicyclic) bond motifs is 1. The third-order valence-corrected chi connectivity index (χ3v) is 8.72. The van der Waals surface area contributed by atoms with Gasteiger partial charge in [-0.1, -0.05) is 35.9 Å². The molecule has 1 amide bonds. The van der Waals surface area contributed by atoms with Gasteiger partial charge >= 0.3 is 0 Å². The van der Waals surface area contributed by atoms with Crippen LogP contribution in [0.5, 0.6) is 0 Å². The summed E-state index contributed by atoms with van der Waals surface area (Å²) in [7, 11) is 0.0895. The topological polar surface area (TPSA) is 60.9 Å². The van der Waals surface area contributed by atoms with Crippen molar-refractivity contribution in [1.29, 1.82) is 0 Å². The lowest BCUT2D eigenvalue weighted by molar-refractivity contribution is -0.134. The van der Waals surface area contributed by atoms with Gasteiger partial charge in [-0.15, -0.1) is 0 Å². The number of rotatable bonds is 4. The number of halogens is 1. The molecule has 2 aromatic rings. The van der Waals surface area contributed by atoms with Crippen LogP contribution in [-0.4, -0.2) is 63.9 Å². The van der Waals surface area contributed by atoms with E-state index in [4.69, 9.17) is 11.6 Å². The second kappa shape index (κ2) is 8.45. The number of carbonyl (C=O) groups excluding carboxylic acids is 1. The minimum Gasteiger partial charge on any atom is -0.342 e. The SMILES string of the molecule is Cc1ccc(S(=O)(=O)N2CC(C(=O)N(C)C3CCN(C)CC3)c3ccccc32)cc1Cl. The van der Waals surface area contributed by atoms with Crippen molar-refractivity contribution in [3.63, 3.8) is 0 Å². The van der Waals surface area contributed by atoms with Gasteiger partial charge in [0, 0.05) is 18.1 Å². The second-order valence-corrected chi connectivity index (χ2v) is 10.8. The van der Waals surface area contributed by atoms with Crippen molar-refractivity contribution in [2.75, 3.05) is 38.0 Å². The number of sulfonamides is 1. The lowest BCUT2D eigenvalue weighted by Crippen LogP contribution is -2.46. The number of para-hydroxylation sites is 1. The number of piperidine rings is 1. The molecule has 2 aliphatic rings. The fourth-order valence-electron chi connectivity index (χ4n) is 4.48. The fraction of sp³-hybridized carbons (Fsp3) is 0.435. The Morgan fingerprint density at radius 1 is 1.13 bits per heavy atom. The van der Waals surface area contributed by atoms with Gasteiger partial charge in [-0.3, -0.25) is 9.10 Å². The monoisotopic (exact) mass is 461 g/mol. The number of hydrogen-bond donors (Lipinski definition) is 0. The van der Waals surface area contributed by atoms with Gasteiger partial charge in [0.1, 0.15) is 0 Å².